The molecule has 0 atom stereocenters. The molecule has 0 aliphatic rings. The smallest absolute Gasteiger partial charge is 0.275 e. The molecule has 33 heavy (non-hydrogen) atoms. The van der Waals surface area contributed by atoms with Crippen molar-refractivity contribution in [3.63, 3.8) is 0 Å². The van der Waals surface area contributed by atoms with Crippen LogP contribution in [0.15, 0.2) is 73.3 Å². The Balaban J connectivity index is 1.34. The van der Waals surface area contributed by atoms with Crippen LogP contribution in [0.3, 0.4) is 0 Å². The first-order valence-electron chi connectivity index (χ1n) is 10.1. The van der Waals surface area contributed by atoms with Crippen LogP contribution >= 0.6 is 0 Å². The van der Waals surface area contributed by atoms with E-state index in [0.717, 1.165) is 17.0 Å². The minimum atomic E-state index is -0.409. The van der Waals surface area contributed by atoms with E-state index >= 15 is 0 Å². The van der Waals surface area contributed by atoms with Crippen LogP contribution in [-0.2, 0) is 0 Å². The number of aryl methyl sites for hydroxylation is 1. The van der Waals surface area contributed by atoms with Gasteiger partial charge in [-0.15, -0.1) is 0 Å². The summed E-state index contributed by atoms with van der Waals surface area (Å²) in [5.41, 5.74) is 10.3. The number of nitrogens with one attached hydrogen (secondary N) is 2. The number of nitrogen functional groups attached to an aromatic ring is 1. The Hall–Kier alpha value is -4.86. The Morgan fingerprint density at radius 3 is 2.64 bits per heavy atom. The van der Waals surface area contributed by atoms with Gasteiger partial charge < -0.3 is 16.4 Å². The standard InChI is InChI=1S/C23H19N9O/c1-14-21(32-11-5-4-8-20(32)28-14)17-9-10-25-23(30-17)31-19-13-26-18(12-27-19)22(33)29-16-7-3-2-6-15(16)24/h2-13H,24H2,1H3,(H,29,33)(H,25,27,30,31). The molecule has 0 bridgehead atoms. The van der Waals surface area contributed by atoms with E-state index in [1.807, 2.05) is 41.8 Å². The fourth-order valence-corrected chi connectivity index (χ4v) is 3.39. The number of fused-ring (bicyclic) bond motifs is 1. The molecule has 1 aromatic carbocycles. The second-order valence-corrected chi connectivity index (χ2v) is 7.19. The zero-order valence-corrected chi connectivity index (χ0v) is 17.6. The van der Waals surface area contributed by atoms with E-state index in [4.69, 9.17) is 5.73 Å². The van der Waals surface area contributed by atoms with Crippen molar-refractivity contribution in [2.75, 3.05) is 16.4 Å². The lowest BCUT2D eigenvalue weighted by atomic mass is 10.2. The summed E-state index contributed by atoms with van der Waals surface area (Å²) in [6, 6.07) is 14.6. The van der Waals surface area contributed by atoms with Crippen molar-refractivity contribution in [3.05, 3.63) is 84.7 Å². The SMILES string of the molecule is Cc1nc2ccccn2c1-c1ccnc(Nc2cnc(C(=O)Nc3ccccc3N)cn2)n1. The molecular formula is C23H19N9O. The molecule has 4 aromatic heterocycles. The summed E-state index contributed by atoms with van der Waals surface area (Å²) in [4.78, 5) is 34.3. The Morgan fingerprint density at radius 2 is 1.82 bits per heavy atom. The van der Waals surface area contributed by atoms with Crippen molar-refractivity contribution >= 4 is 34.7 Å². The van der Waals surface area contributed by atoms with Crippen molar-refractivity contribution in [1.82, 2.24) is 29.3 Å². The molecule has 5 aromatic rings. The van der Waals surface area contributed by atoms with Gasteiger partial charge in [-0.05, 0) is 37.3 Å². The Bertz CT molecular complexity index is 1460. The summed E-state index contributed by atoms with van der Waals surface area (Å²) >= 11 is 0. The highest BCUT2D eigenvalue weighted by Gasteiger charge is 2.14. The third-order valence-corrected chi connectivity index (χ3v) is 4.94. The first-order valence-corrected chi connectivity index (χ1v) is 10.1. The normalized spacial score (nSPS) is 10.8. The van der Waals surface area contributed by atoms with E-state index in [-0.39, 0.29) is 5.69 Å². The van der Waals surface area contributed by atoms with Gasteiger partial charge in [0, 0.05) is 12.4 Å². The molecule has 10 heteroatoms. The molecule has 5 rings (SSSR count). The van der Waals surface area contributed by atoms with Crippen LogP contribution in [0.1, 0.15) is 16.2 Å². The van der Waals surface area contributed by atoms with Crippen molar-refractivity contribution in [1.29, 1.82) is 0 Å². The Labute approximate surface area is 188 Å². The van der Waals surface area contributed by atoms with Crippen LogP contribution < -0.4 is 16.4 Å². The third kappa shape index (κ3) is 4.04. The number of hydrogen-bond acceptors (Lipinski definition) is 8. The van der Waals surface area contributed by atoms with E-state index in [9.17, 15) is 4.79 Å². The average molecular weight is 437 g/mol. The minimum absolute atomic E-state index is 0.153. The highest BCUT2D eigenvalue weighted by Crippen LogP contribution is 2.24. The maximum atomic E-state index is 12.4. The number of imidazole rings is 1. The monoisotopic (exact) mass is 437 g/mol. The quantitative estimate of drug-likeness (QED) is 0.356. The van der Waals surface area contributed by atoms with E-state index in [1.54, 1.807) is 30.5 Å². The fraction of sp³-hybridized carbons (Fsp3) is 0.0435. The van der Waals surface area contributed by atoms with Gasteiger partial charge in [0.05, 0.1) is 40.9 Å². The largest absolute Gasteiger partial charge is 0.397 e. The van der Waals surface area contributed by atoms with Crippen LogP contribution in [0, 0.1) is 6.92 Å². The predicted molar refractivity (Wildman–Crippen MR) is 125 cm³/mol. The number of nitrogens with zero attached hydrogens (tertiary/aromatic N) is 6. The topological polar surface area (TPSA) is 136 Å². The fourth-order valence-electron chi connectivity index (χ4n) is 3.39. The van der Waals surface area contributed by atoms with Gasteiger partial charge in [-0.2, -0.15) is 0 Å². The summed E-state index contributed by atoms with van der Waals surface area (Å²) in [5, 5.41) is 5.74. The molecule has 0 saturated heterocycles. The highest BCUT2D eigenvalue weighted by molar-refractivity contribution is 6.04. The zero-order chi connectivity index (χ0) is 22.8. The summed E-state index contributed by atoms with van der Waals surface area (Å²) < 4.78 is 1.98. The van der Waals surface area contributed by atoms with Gasteiger partial charge in [0.15, 0.2) is 5.82 Å². The maximum Gasteiger partial charge on any atom is 0.275 e. The third-order valence-electron chi connectivity index (χ3n) is 4.94. The maximum absolute atomic E-state index is 12.4. The molecule has 0 radical (unpaired) electrons. The molecule has 0 unspecified atom stereocenters. The van der Waals surface area contributed by atoms with Crippen LogP contribution in [-0.4, -0.2) is 35.2 Å². The van der Waals surface area contributed by atoms with E-state index in [1.165, 1.54) is 12.4 Å². The van der Waals surface area contributed by atoms with E-state index in [0.29, 0.717) is 28.8 Å². The van der Waals surface area contributed by atoms with E-state index < -0.39 is 5.91 Å². The number of nitrogens with two attached hydrogens (primary N) is 1. The van der Waals surface area contributed by atoms with Gasteiger partial charge in [-0.3, -0.25) is 9.20 Å². The van der Waals surface area contributed by atoms with Gasteiger partial charge in [-0.25, -0.2) is 24.9 Å². The van der Waals surface area contributed by atoms with Gasteiger partial charge >= 0.3 is 0 Å². The van der Waals surface area contributed by atoms with Crippen LogP contribution in [0.25, 0.3) is 17.0 Å². The van der Waals surface area contributed by atoms with Crippen molar-refractivity contribution in [3.8, 4) is 11.4 Å². The lowest BCUT2D eigenvalue weighted by Crippen LogP contribution is -2.15. The molecule has 0 aliphatic carbocycles. The van der Waals surface area contributed by atoms with Crippen LogP contribution in [0.2, 0.25) is 0 Å². The van der Waals surface area contributed by atoms with Gasteiger partial charge in [0.25, 0.3) is 5.91 Å². The molecule has 0 saturated carbocycles. The first-order chi connectivity index (χ1) is 16.1. The first kappa shape index (κ1) is 20.1. The second-order valence-electron chi connectivity index (χ2n) is 7.19. The predicted octanol–water partition coefficient (Wildman–Crippen LogP) is 3.47. The summed E-state index contributed by atoms with van der Waals surface area (Å²) in [6.45, 7) is 1.94. The highest BCUT2D eigenvalue weighted by atomic mass is 16.1. The Kier molecular flexibility index (Phi) is 5.07. The molecule has 1 amide bonds. The van der Waals surface area contributed by atoms with Crippen molar-refractivity contribution < 1.29 is 4.79 Å². The number of carbonyl (C=O) groups is 1. The summed E-state index contributed by atoms with van der Waals surface area (Å²) in [5.74, 6) is 0.340. The molecule has 0 spiro atoms. The van der Waals surface area contributed by atoms with Crippen molar-refractivity contribution in [2.45, 2.75) is 6.92 Å². The average Bonchev–Trinajstić information content (AvgIpc) is 3.17. The minimum Gasteiger partial charge on any atom is -0.397 e. The number of aromatic nitrogens is 6. The molecule has 162 valence electrons. The number of amides is 1. The molecule has 4 N–H and O–H groups in total. The summed E-state index contributed by atoms with van der Waals surface area (Å²) in [7, 11) is 0. The number of rotatable bonds is 5. The number of hydrogen-bond donors (Lipinski definition) is 3. The van der Waals surface area contributed by atoms with E-state index in [2.05, 4.69) is 35.6 Å². The van der Waals surface area contributed by atoms with Gasteiger partial charge in [-0.1, -0.05) is 18.2 Å². The molecule has 0 aliphatic heterocycles. The molecular weight excluding hydrogens is 418 g/mol. The summed E-state index contributed by atoms with van der Waals surface area (Å²) in [6.07, 6.45) is 6.41. The lowest BCUT2D eigenvalue weighted by molar-refractivity contribution is 0.102. The van der Waals surface area contributed by atoms with Crippen LogP contribution in [0.4, 0.5) is 23.1 Å². The number of pyridine rings is 1. The van der Waals surface area contributed by atoms with Gasteiger partial charge in [0.2, 0.25) is 5.95 Å². The lowest BCUT2D eigenvalue weighted by Gasteiger charge is -2.08. The molecule has 10 nitrogen and oxygen atoms in total. The zero-order valence-electron chi connectivity index (χ0n) is 17.6. The Morgan fingerprint density at radius 1 is 0.970 bits per heavy atom. The number of para-hydroxylation sites is 2. The second kappa shape index (κ2) is 8.35. The number of benzene rings is 1. The number of anilines is 4. The molecule has 0 fully saturated rings. The van der Waals surface area contributed by atoms with Crippen LogP contribution in [0.5, 0.6) is 0 Å². The molecule has 4 heterocycles. The number of carbonyl (C=O) groups excluding carboxylic acids is 1. The van der Waals surface area contributed by atoms with Gasteiger partial charge in [0.1, 0.15) is 11.3 Å². The van der Waals surface area contributed by atoms with Crippen molar-refractivity contribution in [2.24, 2.45) is 0 Å².